The van der Waals surface area contributed by atoms with Crippen molar-refractivity contribution >= 4 is 5.97 Å². The van der Waals surface area contributed by atoms with Crippen LogP contribution in [0.3, 0.4) is 0 Å². The number of hydrogen-bond donors (Lipinski definition) is 0. The Balaban J connectivity index is 3.85. The summed E-state index contributed by atoms with van der Waals surface area (Å²) in [5.41, 5.74) is 1.08. The van der Waals surface area contributed by atoms with E-state index >= 15 is 0 Å². The van der Waals surface area contributed by atoms with Gasteiger partial charge in [0.25, 0.3) is 0 Å². The van der Waals surface area contributed by atoms with Gasteiger partial charge in [0.1, 0.15) is 0 Å². The molecule has 0 N–H and O–H groups in total. The third kappa shape index (κ3) is 7.16. The Kier molecular flexibility index (Phi) is 7.88. The number of rotatable bonds is 8. The van der Waals surface area contributed by atoms with Crippen LogP contribution in [0.15, 0.2) is 11.6 Å². The van der Waals surface area contributed by atoms with Crippen LogP contribution in [0.25, 0.3) is 0 Å². The summed E-state index contributed by atoms with van der Waals surface area (Å²) in [4.78, 5) is 11.0. The molecule has 0 radical (unpaired) electrons. The Hall–Kier alpha value is -0.830. The topological polar surface area (TPSA) is 35.5 Å². The zero-order chi connectivity index (χ0) is 13.3. The molecule has 17 heavy (non-hydrogen) atoms. The van der Waals surface area contributed by atoms with Crippen molar-refractivity contribution in [3.63, 3.8) is 0 Å². The van der Waals surface area contributed by atoms with Crippen molar-refractivity contribution in [3.8, 4) is 0 Å². The molecule has 0 fully saturated rings. The molecule has 1 unspecified atom stereocenters. The summed E-state index contributed by atoms with van der Waals surface area (Å²) in [6.07, 6.45) is 6.79. The van der Waals surface area contributed by atoms with E-state index in [4.69, 9.17) is 4.74 Å². The van der Waals surface area contributed by atoms with E-state index in [1.54, 1.807) is 13.2 Å². The Labute approximate surface area is 105 Å². The summed E-state index contributed by atoms with van der Waals surface area (Å²) in [5, 5.41) is 0. The van der Waals surface area contributed by atoms with Gasteiger partial charge in [0.05, 0.1) is 12.7 Å². The quantitative estimate of drug-likeness (QED) is 0.371. The molecule has 0 rings (SSSR count). The van der Waals surface area contributed by atoms with Crippen LogP contribution < -0.4 is 0 Å². The lowest BCUT2D eigenvalue weighted by atomic mass is 9.94. The number of carbonyl (C=O) groups is 1. The van der Waals surface area contributed by atoms with Gasteiger partial charge >= 0.3 is 5.97 Å². The van der Waals surface area contributed by atoms with Crippen LogP contribution in [-0.2, 0) is 14.3 Å². The molecule has 0 spiro atoms. The number of carbonyl (C=O) groups excluding carboxylic acids is 1. The zero-order valence-corrected chi connectivity index (χ0v) is 11.8. The first-order chi connectivity index (χ1) is 7.97. The maximum Gasteiger partial charge on any atom is 0.330 e. The highest BCUT2D eigenvalue weighted by molar-refractivity contribution is 5.82. The number of methoxy groups -OCH3 is 2. The summed E-state index contributed by atoms with van der Waals surface area (Å²) in [6, 6.07) is 0. The van der Waals surface area contributed by atoms with Crippen molar-refractivity contribution < 1.29 is 14.3 Å². The van der Waals surface area contributed by atoms with Gasteiger partial charge in [-0.15, -0.1) is 0 Å². The number of unbranched alkanes of at least 4 members (excludes halogenated alkanes) is 1. The van der Waals surface area contributed by atoms with Gasteiger partial charge < -0.3 is 9.47 Å². The molecular weight excluding hydrogens is 216 g/mol. The van der Waals surface area contributed by atoms with Crippen LogP contribution in [0.5, 0.6) is 0 Å². The average Bonchev–Trinajstić information content (AvgIpc) is 2.34. The van der Waals surface area contributed by atoms with E-state index in [0.29, 0.717) is 0 Å². The first kappa shape index (κ1) is 16.2. The van der Waals surface area contributed by atoms with Crippen LogP contribution in [0.2, 0.25) is 0 Å². The van der Waals surface area contributed by atoms with E-state index in [1.165, 1.54) is 7.11 Å². The zero-order valence-electron chi connectivity index (χ0n) is 11.8. The van der Waals surface area contributed by atoms with Crippen LogP contribution in [0.4, 0.5) is 0 Å². The van der Waals surface area contributed by atoms with Crippen molar-refractivity contribution in [2.45, 2.75) is 58.5 Å². The van der Waals surface area contributed by atoms with Crippen molar-refractivity contribution in [1.29, 1.82) is 0 Å². The molecule has 0 aromatic carbocycles. The first-order valence-electron chi connectivity index (χ1n) is 6.27. The van der Waals surface area contributed by atoms with Crippen molar-refractivity contribution in [2.24, 2.45) is 0 Å². The lowest BCUT2D eigenvalue weighted by Crippen LogP contribution is -2.25. The van der Waals surface area contributed by atoms with Crippen molar-refractivity contribution in [3.05, 3.63) is 11.6 Å². The monoisotopic (exact) mass is 242 g/mol. The minimum absolute atomic E-state index is 0.0000316. The Bertz CT molecular complexity index is 252. The Morgan fingerprint density at radius 3 is 2.41 bits per heavy atom. The lowest BCUT2D eigenvalue weighted by molar-refractivity contribution is -0.134. The number of allylic oxidation sites excluding steroid dienone is 1. The maximum absolute atomic E-state index is 11.0. The second-order valence-electron chi connectivity index (χ2n) is 4.73. The summed E-state index contributed by atoms with van der Waals surface area (Å²) in [5.74, 6) is -0.266. The summed E-state index contributed by atoms with van der Waals surface area (Å²) in [6.45, 7) is 6.25. The Morgan fingerprint density at radius 1 is 1.29 bits per heavy atom. The molecule has 0 heterocycles. The van der Waals surface area contributed by atoms with E-state index in [1.807, 2.05) is 6.92 Å². The number of hydrogen-bond acceptors (Lipinski definition) is 3. The van der Waals surface area contributed by atoms with Gasteiger partial charge in [-0.2, -0.15) is 0 Å². The minimum atomic E-state index is -0.266. The van der Waals surface area contributed by atoms with E-state index in [-0.39, 0.29) is 11.6 Å². The van der Waals surface area contributed by atoms with E-state index in [9.17, 15) is 4.79 Å². The standard InChI is InChI=1S/C14H26O3/c1-6-14(3,17-5)10-8-7-9-12(2)11-13(15)16-4/h11H,6-10H2,1-5H3. The SMILES string of the molecule is CCC(C)(CCCCC(C)=CC(=O)OC)OC. The Morgan fingerprint density at radius 2 is 1.94 bits per heavy atom. The van der Waals surface area contributed by atoms with Gasteiger partial charge in [-0.1, -0.05) is 18.9 Å². The molecule has 3 heteroatoms. The maximum atomic E-state index is 11.0. The van der Waals surface area contributed by atoms with Crippen LogP contribution >= 0.6 is 0 Å². The molecule has 100 valence electrons. The predicted molar refractivity (Wildman–Crippen MR) is 69.9 cm³/mol. The molecule has 1 atom stereocenters. The second-order valence-corrected chi connectivity index (χ2v) is 4.73. The van der Waals surface area contributed by atoms with Crippen LogP contribution in [0, 0.1) is 0 Å². The fourth-order valence-corrected chi connectivity index (χ4v) is 1.66. The molecule has 0 saturated carbocycles. The van der Waals surface area contributed by atoms with Gasteiger partial charge in [-0.05, 0) is 39.5 Å². The van der Waals surface area contributed by atoms with Crippen LogP contribution in [0.1, 0.15) is 52.9 Å². The molecule has 0 aromatic heterocycles. The first-order valence-corrected chi connectivity index (χ1v) is 6.27. The molecule has 0 aromatic rings. The van der Waals surface area contributed by atoms with Gasteiger partial charge in [-0.3, -0.25) is 0 Å². The highest BCUT2D eigenvalue weighted by Gasteiger charge is 2.19. The van der Waals surface area contributed by atoms with Crippen molar-refractivity contribution in [1.82, 2.24) is 0 Å². The van der Waals surface area contributed by atoms with E-state index in [0.717, 1.165) is 37.7 Å². The molecule has 0 bridgehead atoms. The lowest BCUT2D eigenvalue weighted by Gasteiger charge is -2.26. The largest absolute Gasteiger partial charge is 0.466 e. The normalized spacial score (nSPS) is 15.5. The smallest absolute Gasteiger partial charge is 0.330 e. The molecular formula is C14H26O3. The average molecular weight is 242 g/mol. The summed E-state index contributed by atoms with van der Waals surface area (Å²) >= 11 is 0. The predicted octanol–water partition coefficient (Wildman–Crippen LogP) is 3.48. The second kappa shape index (κ2) is 8.29. The van der Waals surface area contributed by atoms with E-state index < -0.39 is 0 Å². The third-order valence-electron chi connectivity index (χ3n) is 3.33. The van der Waals surface area contributed by atoms with Gasteiger partial charge in [0.15, 0.2) is 0 Å². The fourth-order valence-electron chi connectivity index (χ4n) is 1.66. The molecule has 0 aliphatic rings. The van der Waals surface area contributed by atoms with Crippen LogP contribution in [-0.4, -0.2) is 25.8 Å². The molecule has 3 nitrogen and oxygen atoms in total. The molecule has 0 saturated heterocycles. The summed E-state index contributed by atoms with van der Waals surface area (Å²) in [7, 11) is 3.17. The van der Waals surface area contributed by atoms with E-state index in [2.05, 4.69) is 18.6 Å². The third-order valence-corrected chi connectivity index (χ3v) is 3.33. The fraction of sp³-hybridized carbons (Fsp3) is 0.786. The molecule has 0 amide bonds. The highest BCUT2D eigenvalue weighted by Crippen LogP contribution is 2.22. The minimum Gasteiger partial charge on any atom is -0.466 e. The number of ether oxygens (including phenoxy) is 2. The molecule has 0 aliphatic carbocycles. The molecule has 0 aliphatic heterocycles. The van der Waals surface area contributed by atoms with Gasteiger partial charge in [-0.25, -0.2) is 4.79 Å². The summed E-state index contributed by atoms with van der Waals surface area (Å²) < 4.78 is 10.1. The van der Waals surface area contributed by atoms with Gasteiger partial charge in [0.2, 0.25) is 0 Å². The highest BCUT2D eigenvalue weighted by atomic mass is 16.5. The van der Waals surface area contributed by atoms with Gasteiger partial charge in [0, 0.05) is 13.2 Å². The van der Waals surface area contributed by atoms with Crippen molar-refractivity contribution in [2.75, 3.05) is 14.2 Å². The number of esters is 1.